The van der Waals surface area contributed by atoms with Crippen LogP contribution in [0.5, 0.6) is 11.5 Å². The number of benzene rings is 3. The number of nitrogens with one attached hydrogen (secondary N) is 1. The van der Waals surface area contributed by atoms with Crippen LogP contribution in [0.15, 0.2) is 70.0 Å². The van der Waals surface area contributed by atoms with Crippen LogP contribution in [0.25, 0.3) is 0 Å². The molecular formula is C22H23BrN2O4S. The molecule has 0 aromatic heterocycles. The van der Waals surface area contributed by atoms with Gasteiger partial charge in [0, 0.05) is 22.3 Å². The van der Waals surface area contributed by atoms with Gasteiger partial charge in [0.25, 0.3) is 0 Å². The van der Waals surface area contributed by atoms with Crippen molar-refractivity contribution in [3.8, 4) is 11.5 Å². The van der Waals surface area contributed by atoms with E-state index in [0.29, 0.717) is 24.7 Å². The van der Waals surface area contributed by atoms with Gasteiger partial charge in [-0.25, -0.2) is 13.6 Å². The van der Waals surface area contributed by atoms with Crippen molar-refractivity contribution in [2.24, 2.45) is 5.14 Å². The maximum atomic E-state index is 11.4. The molecule has 0 spiro atoms. The van der Waals surface area contributed by atoms with Crippen molar-refractivity contribution < 1.29 is 17.9 Å². The molecule has 0 atom stereocenters. The van der Waals surface area contributed by atoms with Gasteiger partial charge in [-0.3, -0.25) is 0 Å². The number of ether oxygens (including phenoxy) is 2. The molecule has 0 amide bonds. The molecule has 8 heteroatoms. The molecule has 3 rings (SSSR count). The lowest BCUT2D eigenvalue weighted by Crippen LogP contribution is -2.12. The van der Waals surface area contributed by atoms with Crippen LogP contribution in [-0.2, 0) is 23.2 Å². The topological polar surface area (TPSA) is 90.6 Å². The van der Waals surface area contributed by atoms with E-state index in [4.69, 9.17) is 14.6 Å². The van der Waals surface area contributed by atoms with E-state index in [1.165, 1.54) is 12.1 Å². The molecule has 0 fully saturated rings. The molecule has 158 valence electrons. The Morgan fingerprint density at radius 2 is 1.73 bits per heavy atom. The predicted molar refractivity (Wildman–Crippen MR) is 121 cm³/mol. The molecule has 0 aliphatic carbocycles. The zero-order chi connectivity index (χ0) is 21.7. The molecule has 0 aliphatic heterocycles. The van der Waals surface area contributed by atoms with E-state index in [-0.39, 0.29) is 4.90 Å². The number of rotatable bonds is 8. The summed E-state index contributed by atoms with van der Waals surface area (Å²) in [5.41, 5.74) is 3.89. The third-order valence-corrected chi connectivity index (χ3v) is 6.34. The first-order chi connectivity index (χ1) is 14.3. The van der Waals surface area contributed by atoms with Crippen molar-refractivity contribution in [1.29, 1.82) is 0 Å². The molecule has 3 N–H and O–H groups in total. The van der Waals surface area contributed by atoms with Crippen LogP contribution in [-0.4, -0.2) is 15.5 Å². The van der Waals surface area contributed by atoms with Gasteiger partial charge in [0.15, 0.2) is 11.5 Å². The van der Waals surface area contributed by atoms with Crippen LogP contribution in [0.4, 0.5) is 5.69 Å². The Hall–Kier alpha value is -2.55. The van der Waals surface area contributed by atoms with Gasteiger partial charge in [0.05, 0.1) is 12.0 Å². The first-order valence-electron chi connectivity index (χ1n) is 9.19. The van der Waals surface area contributed by atoms with Gasteiger partial charge < -0.3 is 14.8 Å². The SMILES string of the molecule is COc1ccc(Br)c(CNc2ccc(S(N)(=O)=O)cc2)c1OCc1ccccc1C. The quantitative estimate of drug-likeness (QED) is 0.481. The molecule has 30 heavy (non-hydrogen) atoms. The average Bonchev–Trinajstić information content (AvgIpc) is 2.72. The van der Waals surface area contributed by atoms with E-state index in [1.54, 1.807) is 19.2 Å². The van der Waals surface area contributed by atoms with Gasteiger partial charge >= 0.3 is 0 Å². The zero-order valence-corrected chi connectivity index (χ0v) is 19.1. The molecule has 0 radical (unpaired) electrons. The van der Waals surface area contributed by atoms with Crippen LogP contribution in [0.1, 0.15) is 16.7 Å². The number of methoxy groups -OCH3 is 1. The summed E-state index contributed by atoms with van der Waals surface area (Å²) in [7, 11) is -2.11. The third kappa shape index (κ3) is 5.33. The Balaban J connectivity index is 1.82. The number of halogens is 1. The summed E-state index contributed by atoms with van der Waals surface area (Å²) < 4.78 is 35.4. The van der Waals surface area contributed by atoms with Crippen molar-refractivity contribution in [3.05, 3.63) is 81.8 Å². The largest absolute Gasteiger partial charge is 0.493 e. The molecule has 0 aliphatic rings. The number of anilines is 1. The first-order valence-corrected chi connectivity index (χ1v) is 11.5. The van der Waals surface area contributed by atoms with Crippen molar-refractivity contribution >= 4 is 31.6 Å². The molecule has 3 aromatic carbocycles. The highest BCUT2D eigenvalue weighted by Gasteiger charge is 2.15. The van der Waals surface area contributed by atoms with Crippen LogP contribution in [0, 0.1) is 6.92 Å². The van der Waals surface area contributed by atoms with E-state index in [0.717, 1.165) is 26.9 Å². The van der Waals surface area contributed by atoms with E-state index in [1.807, 2.05) is 43.3 Å². The Bertz CT molecular complexity index is 1130. The molecule has 0 unspecified atom stereocenters. The van der Waals surface area contributed by atoms with Gasteiger partial charge in [-0.15, -0.1) is 0 Å². The fraction of sp³-hybridized carbons (Fsp3) is 0.182. The summed E-state index contributed by atoms with van der Waals surface area (Å²) in [4.78, 5) is 0.0675. The Kier molecular flexibility index (Phi) is 7.02. The predicted octanol–water partition coefficient (Wildman–Crippen LogP) is 4.60. The fourth-order valence-electron chi connectivity index (χ4n) is 2.94. The highest BCUT2D eigenvalue weighted by molar-refractivity contribution is 9.10. The average molecular weight is 491 g/mol. The van der Waals surface area contributed by atoms with Crippen LogP contribution < -0.4 is 19.9 Å². The normalized spacial score (nSPS) is 11.2. The lowest BCUT2D eigenvalue weighted by atomic mass is 10.1. The Morgan fingerprint density at radius 1 is 1.03 bits per heavy atom. The summed E-state index contributed by atoms with van der Waals surface area (Å²) in [5.74, 6) is 1.27. The Morgan fingerprint density at radius 3 is 2.37 bits per heavy atom. The van der Waals surface area contributed by atoms with Crippen LogP contribution in [0.3, 0.4) is 0 Å². The van der Waals surface area contributed by atoms with Crippen LogP contribution in [0.2, 0.25) is 0 Å². The van der Waals surface area contributed by atoms with Gasteiger partial charge in [0.1, 0.15) is 6.61 Å². The Labute approximate surface area is 185 Å². The van der Waals surface area contributed by atoms with Crippen molar-refractivity contribution in [1.82, 2.24) is 0 Å². The highest BCUT2D eigenvalue weighted by atomic mass is 79.9. The maximum Gasteiger partial charge on any atom is 0.238 e. The van der Waals surface area contributed by atoms with E-state index in [2.05, 4.69) is 21.2 Å². The van der Waals surface area contributed by atoms with E-state index in [9.17, 15) is 8.42 Å². The number of primary sulfonamides is 1. The lowest BCUT2D eigenvalue weighted by Gasteiger charge is -2.18. The monoisotopic (exact) mass is 490 g/mol. The number of sulfonamides is 1. The van der Waals surface area contributed by atoms with E-state index >= 15 is 0 Å². The highest BCUT2D eigenvalue weighted by Crippen LogP contribution is 2.37. The molecule has 3 aromatic rings. The molecule has 0 saturated heterocycles. The van der Waals surface area contributed by atoms with Crippen molar-refractivity contribution in [2.45, 2.75) is 25.0 Å². The molecule has 0 bridgehead atoms. The summed E-state index contributed by atoms with van der Waals surface area (Å²) in [5, 5.41) is 8.43. The smallest absolute Gasteiger partial charge is 0.238 e. The molecule has 0 saturated carbocycles. The van der Waals surface area contributed by atoms with Gasteiger partial charge in [0.2, 0.25) is 10.0 Å². The number of hydrogen-bond donors (Lipinski definition) is 2. The van der Waals surface area contributed by atoms with Crippen LogP contribution >= 0.6 is 15.9 Å². The fourth-order valence-corrected chi connectivity index (χ4v) is 3.91. The minimum atomic E-state index is -3.72. The summed E-state index contributed by atoms with van der Waals surface area (Å²) in [6.07, 6.45) is 0. The minimum absolute atomic E-state index is 0.0675. The second-order valence-corrected chi connectivity index (χ2v) is 9.11. The standard InChI is InChI=1S/C22H23BrN2O4S/c1-15-5-3-4-6-16(15)14-29-22-19(20(23)11-12-21(22)28-2)13-25-17-7-9-18(10-8-17)30(24,26)27/h3-12,25H,13-14H2,1-2H3,(H2,24,26,27). The minimum Gasteiger partial charge on any atom is -0.493 e. The van der Waals surface area contributed by atoms with Gasteiger partial charge in [-0.1, -0.05) is 40.2 Å². The van der Waals surface area contributed by atoms with Gasteiger partial charge in [-0.2, -0.15) is 0 Å². The zero-order valence-electron chi connectivity index (χ0n) is 16.7. The number of hydrogen-bond acceptors (Lipinski definition) is 5. The maximum absolute atomic E-state index is 11.4. The first kappa shape index (κ1) is 22.1. The van der Waals surface area contributed by atoms with Crippen molar-refractivity contribution in [3.63, 3.8) is 0 Å². The van der Waals surface area contributed by atoms with Crippen molar-refractivity contribution in [2.75, 3.05) is 12.4 Å². The molecule has 0 heterocycles. The third-order valence-electron chi connectivity index (χ3n) is 4.67. The molecule has 6 nitrogen and oxygen atoms in total. The summed E-state index contributed by atoms with van der Waals surface area (Å²) >= 11 is 3.59. The van der Waals surface area contributed by atoms with Gasteiger partial charge in [-0.05, 0) is 54.4 Å². The molecular weight excluding hydrogens is 468 g/mol. The lowest BCUT2D eigenvalue weighted by molar-refractivity contribution is 0.281. The number of aryl methyl sites for hydroxylation is 1. The second-order valence-electron chi connectivity index (χ2n) is 6.70. The summed E-state index contributed by atoms with van der Waals surface area (Å²) in [6.45, 7) is 2.90. The summed E-state index contributed by atoms with van der Waals surface area (Å²) in [6, 6.07) is 18.1. The van der Waals surface area contributed by atoms with E-state index < -0.39 is 10.0 Å². The number of nitrogens with two attached hydrogens (primary N) is 1. The second kappa shape index (κ2) is 9.51.